The minimum absolute atomic E-state index is 0.242. The zero-order valence-corrected chi connectivity index (χ0v) is 18.0. The van der Waals surface area contributed by atoms with Crippen LogP contribution in [0.25, 0.3) is 0 Å². The molecule has 0 bridgehead atoms. The van der Waals surface area contributed by atoms with Gasteiger partial charge in [-0.2, -0.15) is 0 Å². The number of unbranched alkanes of at least 4 members (excludes halogenated alkanes) is 5. The first kappa shape index (κ1) is 22.8. The summed E-state index contributed by atoms with van der Waals surface area (Å²) in [5, 5.41) is 0. The van der Waals surface area contributed by atoms with Gasteiger partial charge < -0.3 is 14.2 Å². The van der Waals surface area contributed by atoms with E-state index in [0.717, 1.165) is 35.7 Å². The molecule has 0 saturated carbocycles. The second kappa shape index (κ2) is 12.9. The highest BCUT2D eigenvalue weighted by atomic mass is 16.5. The normalized spacial score (nSPS) is 11.7. The molecule has 0 saturated heterocycles. The van der Waals surface area contributed by atoms with Crippen molar-refractivity contribution in [2.24, 2.45) is 0 Å². The van der Waals surface area contributed by atoms with E-state index in [4.69, 9.17) is 14.2 Å². The molecule has 1 atom stereocenters. The summed E-state index contributed by atoms with van der Waals surface area (Å²) in [4.78, 5) is 12.2. The summed E-state index contributed by atoms with van der Waals surface area (Å²) in [5.41, 5.74) is 1.86. The van der Waals surface area contributed by atoms with Crippen molar-refractivity contribution in [1.29, 1.82) is 0 Å². The maximum atomic E-state index is 12.2. The first-order valence-corrected chi connectivity index (χ1v) is 10.7. The second-order valence-corrected chi connectivity index (χ2v) is 7.34. The molecule has 0 amide bonds. The van der Waals surface area contributed by atoms with Crippen LogP contribution in [-0.2, 0) is 16.0 Å². The summed E-state index contributed by atoms with van der Waals surface area (Å²) >= 11 is 0. The van der Waals surface area contributed by atoms with Crippen molar-refractivity contribution in [3.63, 3.8) is 0 Å². The Morgan fingerprint density at radius 1 is 0.862 bits per heavy atom. The van der Waals surface area contributed by atoms with Gasteiger partial charge in [0.25, 0.3) is 0 Å². The predicted molar refractivity (Wildman–Crippen MR) is 117 cm³/mol. The molecule has 1 unspecified atom stereocenters. The molecule has 0 aliphatic carbocycles. The number of hydrogen-bond donors (Lipinski definition) is 0. The Morgan fingerprint density at radius 2 is 1.48 bits per heavy atom. The van der Waals surface area contributed by atoms with Crippen LogP contribution in [-0.4, -0.2) is 19.7 Å². The first-order chi connectivity index (χ1) is 14.1. The number of methoxy groups -OCH3 is 1. The molecule has 29 heavy (non-hydrogen) atoms. The molecule has 2 aromatic rings. The Hall–Kier alpha value is -2.49. The zero-order chi connectivity index (χ0) is 20.9. The molecule has 0 fully saturated rings. The summed E-state index contributed by atoms with van der Waals surface area (Å²) < 4.78 is 16.5. The van der Waals surface area contributed by atoms with Gasteiger partial charge in [0, 0.05) is 0 Å². The lowest BCUT2D eigenvalue weighted by molar-refractivity contribution is -0.147. The van der Waals surface area contributed by atoms with E-state index in [1.165, 1.54) is 32.1 Å². The topological polar surface area (TPSA) is 44.8 Å². The van der Waals surface area contributed by atoms with Crippen LogP contribution < -0.4 is 9.47 Å². The Balaban J connectivity index is 1.70. The van der Waals surface area contributed by atoms with Crippen molar-refractivity contribution >= 4 is 5.97 Å². The Kier molecular flexibility index (Phi) is 10.1. The molecule has 158 valence electrons. The summed E-state index contributed by atoms with van der Waals surface area (Å²) in [7, 11) is 1.63. The molecule has 0 aliphatic rings. The van der Waals surface area contributed by atoms with Crippen LogP contribution in [0.1, 0.15) is 69.6 Å². The molecule has 0 N–H and O–H groups in total. The van der Waals surface area contributed by atoms with Gasteiger partial charge >= 0.3 is 5.97 Å². The molecule has 0 heterocycles. The summed E-state index contributed by atoms with van der Waals surface area (Å²) in [6, 6.07) is 15.2. The van der Waals surface area contributed by atoms with Gasteiger partial charge in [0.1, 0.15) is 17.6 Å². The quantitative estimate of drug-likeness (QED) is 0.294. The largest absolute Gasteiger partial charge is 0.497 e. The maximum Gasteiger partial charge on any atom is 0.310 e. The lowest BCUT2D eigenvalue weighted by Gasteiger charge is -2.14. The van der Waals surface area contributed by atoms with Crippen molar-refractivity contribution in [3.05, 3.63) is 59.7 Å². The van der Waals surface area contributed by atoms with Crippen LogP contribution >= 0.6 is 0 Å². The monoisotopic (exact) mass is 398 g/mol. The van der Waals surface area contributed by atoms with Crippen LogP contribution in [0.2, 0.25) is 0 Å². The number of benzene rings is 2. The van der Waals surface area contributed by atoms with Gasteiger partial charge in [-0.3, -0.25) is 4.79 Å². The van der Waals surface area contributed by atoms with Crippen molar-refractivity contribution in [2.75, 3.05) is 13.7 Å². The van der Waals surface area contributed by atoms with E-state index in [2.05, 4.69) is 6.92 Å². The van der Waals surface area contributed by atoms with Crippen LogP contribution in [0.15, 0.2) is 48.5 Å². The van der Waals surface area contributed by atoms with Gasteiger partial charge in [-0.25, -0.2) is 0 Å². The van der Waals surface area contributed by atoms with Gasteiger partial charge in [-0.1, -0.05) is 63.3 Å². The fourth-order valence-corrected chi connectivity index (χ4v) is 3.12. The van der Waals surface area contributed by atoms with E-state index < -0.39 is 0 Å². The fraction of sp³-hybridized carbons (Fsp3) is 0.480. The third-order valence-electron chi connectivity index (χ3n) is 4.93. The smallest absolute Gasteiger partial charge is 0.310 e. The van der Waals surface area contributed by atoms with E-state index in [9.17, 15) is 4.79 Å². The van der Waals surface area contributed by atoms with Gasteiger partial charge in [0.15, 0.2) is 0 Å². The van der Waals surface area contributed by atoms with Crippen LogP contribution in [0.3, 0.4) is 0 Å². The van der Waals surface area contributed by atoms with Gasteiger partial charge in [-0.05, 0) is 48.7 Å². The number of esters is 1. The Morgan fingerprint density at radius 3 is 2.14 bits per heavy atom. The van der Waals surface area contributed by atoms with Crippen molar-refractivity contribution in [3.8, 4) is 11.5 Å². The zero-order valence-electron chi connectivity index (χ0n) is 18.0. The maximum absolute atomic E-state index is 12.2. The van der Waals surface area contributed by atoms with Gasteiger partial charge in [-0.15, -0.1) is 0 Å². The number of rotatable bonds is 13. The highest BCUT2D eigenvalue weighted by Crippen LogP contribution is 2.21. The molecular formula is C25H34O4. The van der Waals surface area contributed by atoms with Crippen LogP contribution in [0.5, 0.6) is 11.5 Å². The Bertz CT molecular complexity index is 707. The van der Waals surface area contributed by atoms with Crippen molar-refractivity contribution < 1.29 is 19.0 Å². The SMILES string of the molecule is CCCCCCCCOc1ccc(CC(=O)OC(C)c2ccc(OC)cc2)cc1. The van der Waals surface area contributed by atoms with E-state index >= 15 is 0 Å². The summed E-state index contributed by atoms with van der Waals surface area (Å²) in [6.45, 7) is 4.85. The molecule has 0 radical (unpaired) electrons. The second-order valence-electron chi connectivity index (χ2n) is 7.34. The van der Waals surface area contributed by atoms with E-state index in [-0.39, 0.29) is 18.5 Å². The fourth-order valence-electron chi connectivity index (χ4n) is 3.12. The van der Waals surface area contributed by atoms with E-state index in [0.29, 0.717) is 0 Å². The first-order valence-electron chi connectivity index (χ1n) is 10.7. The minimum atomic E-state index is -0.298. The number of carbonyl (C=O) groups is 1. The van der Waals surface area contributed by atoms with Crippen molar-refractivity contribution in [1.82, 2.24) is 0 Å². The lowest BCUT2D eigenvalue weighted by atomic mass is 10.1. The molecule has 0 aliphatic heterocycles. The van der Waals surface area contributed by atoms with Gasteiger partial charge in [0.05, 0.1) is 20.1 Å². The van der Waals surface area contributed by atoms with Crippen LogP contribution in [0, 0.1) is 0 Å². The Labute approximate surface area is 175 Å². The predicted octanol–water partition coefficient (Wildman–Crippen LogP) is 6.28. The third-order valence-corrected chi connectivity index (χ3v) is 4.93. The van der Waals surface area contributed by atoms with Crippen LogP contribution in [0.4, 0.5) is 0 Å². The molecule has 0 aromatic heterocycles. The highest BCUT2D eigenvalue weighted by molar-refractivity contribution is 5.72. The summed E-state index contributed by atoms with van der Waals surface area (Å²) in [6.07, 6.45) is 7.45. The number of ether oxygens (including phenoxy) is 3. The average Bonchev–Trinajstić information content (AvgIpc) is 2.74. The van der Waals surface area contributed by atoms with Gasteiger partial charge in [0.2, 0.25) is 0 Å². The minimum Gasteiger partial charge on any atom is -0.497 e. The summed E-state index contributed by atoms with van der Waals surface area (Å²) in [5.74, 6) is 1.39. The standard InChI is InChI=1S/C25H34O4/c1-4-5-6-7-8-9-18-28-24-14-10-21(11-15-24)19-25(26)29-20(2)22-12-16-23(27-3)17-13-22/h10-17,20H,4-9,18-19H2,1-3H3. The number of hydrogen-bond acceptors (Lipinski definition) is 4. The highest BCUT2D eigenvalue weighted by Gasteiger charge is 2.12. The van der Waals surface area contributed by atoms with E-state index in [1.807, 2.05) is 55.5 Å². The number of carbonyl (C=O) groups excluding carboxylic acids is 1. The molecule has 2 aromatic carbocycles. The molecule has 0 spiro atoms. The van der Waals surface area contributed by atoms with E-state index in [1.54, 1.807) is 7.11 Å². The van der Waals surface area contributed by atoms with Crippen molar-refractivity contribution in [2.45, 2.75) is 64.9 Å². The molecule has 4 heteroatoms. The lowest BCUT2D eigenvalue weighted by Crippen LogP contribution is -2.11. The molecule has 2 rings (SSSR count). The third kappa shape index (κ3) is 8.59. The average molecular weight is 399 g/mol. The molecule has 4 nitrogen and oxygen atoms in total. The molecular weight excluding hydrogens is 364 g/mol.